The third-order valence-electron chi connectivity index (χ3n) is 2.54. The lowest BCUT2D eigenvalue weighted by Crippen LogP contribution is -2.35. The van der Waals surface area contributed by atoms with Crippen molar-refractivity contribution in [1.29, 1.82) is 0 Å². The first kappa shape index (κ1) is 15.8. The van der Waals surface area contributed by atoms with Crippen LogP contribution in [-0.2, 0) is 4.79 Å². The van der Waals surface area contributed by atoms with Gasteiger partial charge >= 0.3 is 11.9 Å². The molecule has 0 spiro atoms. The fourth-order valence-corrected chi connectivity index (χ4v) is 1.58. The molecule has 0 aliphatic carbocycles. The van der Waals surface area contributed by atoms with Crippen molar-refractivity contribution in [3.63, 3.8) is 0 Å². The largest absolute Gasteiger partial charge is 0.504 e. The predicted octanol–water partition coefficient (Wildman–Crippen LogP) is 1.07. The Labute approximate surface area is 115 Å². The second-order valence-electron chi connectivity index (χ2n) is 4.80. The van der Waals surface area contributed by atoms with E-state index in [1.807, 2.05) is 13.8 Å². The maximum atomic E-state index is 11.7. The zero-order chi connectivity index (χ0) is 15.4. The van der Waals surface area contributed by atoms with Gasteiger partial charge in [0.2, 0.25) is 5.75 Å². The zero-order valence-electron chi connectivity index (χ0n) is 11.2. The highest BCUT2D eigenvalue weighted by atomic mass is 16.5. The van der Waals surface area contributed by atoms with E-state index in [-0.39, 0.29) is 11.5 Å². The summed E-state index contributed by atoms with van der Waals surface area (Å²) in [5.41, 5.74) is 5.30. The number of hydrogen-bond donors (Lipinski definition) is 4. The van der Waals surface area contributed by atoms with Crippen LogP contribution in [0.1, 0.15) is 30.6 Å². The van der Waals surface area contributed by atoms with Gasteiger partial charge in [0.15, 0.2) is 11.5 Å². The first-order valence-electron chi connectivity index (χ1n) is 5.99. The molecule has 7 heteroatoms. The average Bonchev–Trinajstić information content (AvgIpc) is 2.33. The first-order chi connectivity index (χ1) is 9.22. The van der Waals surface area contributed by atoms with Gasteiger partial charge in [-0.25, -0.2) is 9.59 Å². The Bertz CT molecular complexity index is 526. The van der Waals surface area contributed by atoms with E-state index in [1.54, 1.807) is 0 Å². The molecule has 0 aliphatic heterocycles. The van der Waals surface area contributed by atoms with Crippen molar-refractivity contribution in [2.45, 2.75) is 26.3 Å². The van der Waals surface area contributed by atoms with Crippen molar-refractivity contribution >= 4 is 11.9 Å². The number of hydrogen-bond acceptors (Lipinski definition) is 6. The number of carbonyl (C=O) groups is 2. The van der Waals surface area contributed by atoms with Crippen molar-refractivity contribution in [3.8, 4) is 17.2 Å². The quantitative estimate of drug-likeness (QED) is 0.361. The number of ether oxygens (including phenoxy) is 1. The fourth-order valence-electron chi connectivity index (χ4n) is 1.58. The van der Waals surface area contributed by atoms with Gasteiger partial charge in [-0.1, -0.05) is 13.8 Å². The number of phenolic OH excluding ortho intramolecular Hbond substituents is 2. The number of nitrogens with two attached hydrogens (primary N) is 1. The number of carboxylic acids is 1. The number of carboxylic acid groups (broad SMARTS) is 1. The van der Waals surface area contributed by atoms with Crippen LogP contribution in [-0.4, -0.2) is 33.3 Å². The highest BCUT2D eigenvalue weighted by Gasteiger charge is 2.21. The molecular weight excluding hydrogens is 266 g/mol. The Morgan fingerprint density at radius 3 is 2.40 bits per heavy atom. The first-order valence-corrected chi connectivity index (χ1v) is 5.99. The van der Waals surface area contributed by atoms with Crippen LogP contribution in [0.15, 0.2) is 12.1 Å². The molecule has 0 aromatic heterocycles. The molecule has 110 valence electrons. The summed E-state index contributed by atoms with van der Waals surface area (Å²) >= 11 is 0. The van der Waals surface area contributed by atoms with Gasteiger partial charge in [0.25, 0.3) is 0 Å². The topological polar surface area (TPSA) is 130 Å². The number of carbonyl (C=O) groups excluding carboxylic acids is 1. The second kappa shape index (κ2) is 6.25. The summed E-state index contributed by atoms with van der Waals surface area (Å²) in [6, 6.07) is 0.894. The third-order valence-corrected chi connectivity index (χ3v) is 2.54. The number of phenols is 2. The zero-order valence-corrected chi connectivity index (χ0v) is 11.2. The van der Waals surface area contributed by atoms with Gasteiger partial charge in [-0.2, -0.15) is 0 Å². The molecule has 0 bridgehead atoms. The highest BCUT2D eigenvalue weighted by Crippen LogP contribution is 2.36. The van der Waals surface area contributed by atoms with Gasteiger partial charge in [-0.15, -0.1) is 0 Å². The van der Waals surface area contributed by atoms with Crippen molar-refractivity contribution in [1.82, 2.24) is 0 Å². The van der Waals surface area contributed by atoms with E-state index in [1.165, 1.54) is 0 Å². The minimum Gasteiger partial charge on any atom is -0.504 e. The summed E-state index contributed by atoms with van der Waals surface area (Å²) in [6.45, 7) is 3.75. The number of benzene rings is 1. The SMILES string of the molecule is CC(C)C[C@H](N)C(=O)Oc1cc(C(=O)O)cc(O)c1O. The van der Waals surface area contributed by atoms with E-state index in [0.717, 1.165) is 12.1 Å². The molecule has 0 radical (unpaired) electrons. The molecule has 0 saturated carbocycles. The Hall–Kier alpha value is -2.28. The lowest BCUT2D eigenvalue weighted by atomic mass is 10.0. The summed E-state index contributed by atoms with van der Waals surface area (Å²) < 4.78 is 4.84. The molecule has 0 fully saturated rings. The molecule has 1 atom stereocenters. The Morgan fingerprint density at radius 1 is 1.30 bits per heavy atom. The molecule has 5 N–H and O–H groups in total. The Balaban J connectivity index is 2.97. The van der Waals surface area contributed by atoms with Gasteiger partial charge in [0, 0.05) is 0 Å². The normalized spacial score (nSPS) is 12.2. The van der Waals surface area contributed by atoms with E-state index in [2.05, 4.69) is 0 Å². The van der Waals surface area contributed by atoms with Crippen LogP contribution in [0, 0.1) is 5.92 Å². The van der Waals surface area contributed by atoms with Crippen molar-refractivity contribution in [3.05, 3.63) is 17.7 Å². The molecule has 20 heavy (non-hydrogen) atoms. The van der Waals surface area contributed by atoms with E-state index in [4.69, 9.17) is 15.6 Å². The van der Waals surface area contributed by atoms with Crippen LogP contribution in [0.2, 0.25) is 0 Å². The number of esters is 1. The smallest absolute Gasteiger partial charge is 0.335 e. The average molecular weight is 283 g/mol. The molecule has 0 aliphatic rings. The molecule has 0 heterocycles. The maximum Gasteiger partial charge on any atom is 0.335 e. The van der Waals surface area contributed by atoms with Crippen molar-refractivity contribution < 1.29 is 29.6 Å². The summed E-state index contributed by atoms with van der Waals surface area (Å²) in [7, 11) is 0. The van der Waals surface area contributed by atoms with Crippen LogP contribution in [0.5, 0.6) is 17.2 Å². The van der Waals surface area contributed by atoms with Gasteiger partial charge in [-0.3, -0.25) is 0 Å². The number of aromatic carboxylic acids is 1. The summed E-state index contributed by atoms with van der Waals surface area (Å²) in [5.74, 6) is -3.80. The second-order valence-corrected chi connectivity index (χ2v) is 4.80. The van der Waals surface area contributed by atoms with Crippen molar-refractivity contribution in [2.75, 3.05) is 0 Å². The highest BCUT2D eigenvalue weighted by molar-refractivity contribution is 5.90. The van der Waals surface area contributed by atoms with Crippen molar-refractivity contribution in [2.24, 2.45) is 11.7 Å². The Morgan fingerprint density at radius 2 is 1.90 bits per heavy atom. The van der Waals surface area contributed by atoms with Crippen LogP contribution in [0.25, 0.3) is 0 Å². The monoisotopic (exact) mass is 283 g/mol. The minimum atomic E-state index is -1.33. The van der Waals surface area contributed by atoms with E-state index in [9.17, 15) is 19.8 Å². The lowest BCUT2D eigenvalue weighted by molar-refractivity contribution is -0.136. The minimum absolute atomic E-state index is 0.171. The van der Waals surface area contributed by atoms with Gasteiger partial charge < -0.3 is 25.8 Å². The third kappa shape index (κ3) is 3.86. The van der Waals surface area contributed by atoms with Gasteiger partial charge in [-0.05, 0) is 24.5 Å². The predicted molar refractivity (Wildman–Crippen MR) is 69.8 cm³/mol. The van der Waals surface area contributed by atoms with Gasteiger partial charge in [0.05, 0.1) is 5.56 Å². The molecular formula is C13H17NO6. The molecule has 0 saturated heterocycles. The van der Waals surface area contributed by atoms with Crippen LogP contribution < -0.4 is 10.5 Å². The van der Waals surface area contributed by atoms with Crippen LogP contribution in [0.3, 0.4) is 0 Å². The molecule has 0 unspecified atom stereocenters. The maximum absolute atomic E-state index is 11.7. The fraction of sp³-hybridized carbons (Fsp3) is 0.385. The standard InChI is InChI=1S/C13H17NO6/c1-6(2)3-8(14)13(19)20-10-5-7(12(17)18)4-9(15)11(10)16/h4-6,8,15-16H,3,14H2,1-2H3,(H,17,18)/t8-/m0/s1. The molecule has 1 rings (SSSR count). The van der Waals surface area contributed by atoms with Gasteiger partial charge in [0.1, 0.15) is 6.04 Å². The number of rotatable bonds is 5. The van der Waals surface area contributed by atoms with E-state index < -0.39 is 35.2 Å². The molecule has 0 amide bonds. The summed E-state index contributed by atoms with van der Waals surface area (Å²) in [6.07, 6.45) is 0.379. The lowest BCUT2D eigenvalue weighted by Gasteiger charge is -2.14. The molecule has 1 aromatic carbocycles. The number of aromatic hydroxyl groups is 2. The molecule has 1 aromatic rings. The summed E-state index contributed by atoms with van der Waals surface area (Å²) in [5, 5.41) is 27.8. The summed E-state index contributed by atoms with van der Waals surface area (Å²) in [4.78, 5) is 22.5. The van der Waals surface area contributed by atoms with Crippen LogP contribution in [0.4, 0.5) is 0 Å². The van der Waals surface area contributed by atoms with E-state index in [0.29, 0.717) is 6.42 Å². The Kier molecular flexibility index (Phi) is 4.93. The molecule has 7 nitrogen and oxygen atoms in total. The van der Waals surface area contributed by atoms with E-state index >= 15 is 0 Å². The van der Waals surface area contributed by atoms with Crippen LogP contribution >= 0.6 is 0 Å².